The highest BCUT2D eigenvalue weighted by atomic mass is 16.6. The predicted molar refractivity (Wildman–Crippen MR) is 90.4 cm³/mol. The first-order valence-electron chi connectivity index (χ1n) is 8.48. The third-order valence-electron chi connectivity index (χ3n) is 4.14. The molecule has 2 heterocycles. The Labute approximate surface area is 139 Å². The first kappa shape index (κ1) is 17.8. The van der Waals surface area contributed by atoms with Crippen LogP contribution in [0.15, 0.2) is 12.5 Å². The number of piperidine rings is 1. The number of hydrogen-bond acceptors (Lipinski definition) is 4. The Balaban J connectivity index is 1.76. The van der Waals surface area contributed by atoms with E-state index in [4.69, 9.17) is 4.74 Å². The lowest BCUT2D eigenvalue weighted by Crippen LogP contribution is -2.34. The predicted octanol–water partition coefficient (Wildman–Crippen LogP) is 2.29. The van der Waals surface area contributed by atoms with Crippen LogP contribution in [0.25, 0.3) is 0 Å². The number of carbonyl (C=O) groups is 1. The van der Waals surface area contributed by atoms with Gasteiger partial charge in [-0.1, -0.05) is 0 Å². The maximum Gasteiger partial charge on any atom is 0.407 e. The van der Waals surface area contributed by atoms with E-state index in [-0.39, 0.29) is 6.09 Å². The minimum atomic E-state index is -0.458. The lowest BCUT2D eigenvalue weighted by atomic mass is 9.97. The van der Waals surface area contributed by atoms with Gasteiger partial charge in [-0.15, -0.1) is 0 Å². The molecule has 6 heteroatoms. The van der Waals surface area contributed by atoms with Crippen LogP contribution in [0, 0.1) is 5.92 Å². The SMILES string of the molecule is CN1CCC(Cn2cncc2CCNC(=O)OC(C)(C)C)CC1. The van der Waals surface area contributed by atoms with E-state index >= 15 is 0 Å². The smallest absolute Gasteiger partial charge is 0.407 e. The van der Waals surface area contributed by atoms with E-state index in [9.17, 15) is 4.79 Å². The van der Waals surface area contributed by atoms with E-state index in [2.05, 4.69) is 26.8 Å². The van der Waals surface area contributed by atoms with E-state index in [1.807, 2.05) is 33.3 Å². The number of nitrogens with zero attached hydrogens (tertiary/aromatic N) is 3. The Morgan fingerprint density at radius 1 is 1.39 bits per heavy atom. The van der Waals surface area contributed by atoms with Gasteiger partial charge in [0, 0.05) is 31.4 Å². The first-order chi connectivity index (χ1) is 10.8. The van der Waals surface area contributed by atoms with Crippen LogP contribution in [0.1, 0.15) is 39.3 Å². The van der Waals surface area contributed by atoms with Gasteiger partial charge in [-0.3, -0.25) is 0 Å². The van der Waals surface area contributed by atoms with Gasteiger partial charge in [0.2, 0.25) is 0 Å². The molecule has 0 spiro atoms. The van der Waals surface area contributed by atoms with Crippen molar-refractivity contribution in [3.63, 3.8) is 0 Å². The Bertz CT molecular complexity index is 499. The van der Waals surface area contributed by atoms with Crippen molar-refractivity contribution in [2.75, 3.05) is 26.7 Å². The molecule has 130 valence electrons. The van der Waals surface area contributed by atoms with Crippen molar-refractivity contribution in [3.8, 4) is 0 Å². The Morgan fingerprint density at radius 3 is 2.74 bits per heavy atom. The number of likely N-dealkylation sites (tertiary alicyclic amines) is 1. The summed E-state index contributed by atoms with van der Waals surface area (Å²) >= 11 is 0. The molecular formula is C17H30N4O2. The third-order valence-corrected chi connectivity index (χ3v) is 4.14. The van der Waals surface area contributed by atoms with Crippen LogP contribution < -0.4 is 5.32 Å². The summed E-state index contributed by atoms with van der Waals surface area (Å²) in [6.45, 7) is 9.53. The minimum absolute atomic E-state index is 0.362. The summed E-state index contributed by atoms with van der Waals surface area (Å²) in [5.74, 6) is 0.720. The number of ether oxygens (including phenoxy) is 1. The molecule has 1 aliphatic rings. The molecule has 1 aliphatic heterocycles. The van der Waals surface area contributed by atoms with Crippen molar-refractivity contribution in [1.29, 1.82) is 0 Å². The van der Waals surface area contributed by atoms with Crippen LogP contribution in [0.5, 0.6) is 0 Å². The van der Waals surface area contributed by atoms with E-state index in [1.54, 1.807) is 0 Å². The fourth-order valence-electron chi connectivity index (χ4n) is 2.85. The van der Waals surface area contributed by atoms with E-state index in [1.165, 1.54) is 31.6 Å². The van der Waals surface area contributed by atoms with Crippen LogP contribution in [0.3, 0.4) is 0 Å². The number of carbonyl (C=O) groups excluding carboxylic acids is 1. The summed E-state index contributed by atoms with van der Waals surface area (Å²) in [4.78, 5) is 18.3. The number of imidazole rings is 1. The van der Waals surface area contributed by atoms with Gasteiger partial charge in [-0.05, 0) is 59.7 Å². The second kappa shape index (κ2) is 7.81. The summed E-state index contributed by atoms with van der Waals surface area (Å²) in [5.41, 5.74) is 0.708. The largest absolute Gasteiger partial charge is 0.444 e. The standard InChI is InChI=1S/C17H30N4O2/c1-17(2,3)23-16(22)19-8-5-15-11-18-13-21(15)12-14-6-9-20(4)10-7-14/h11,13-14H,5-10,12H2,1-4H3,(H,19,22). The Hall–Kier alpha value is -1.56. The first-order valence-corrected chi connectivity index (χ1v) is 8.48. The summed E-state index contributed by atoms with van der Waals surface area (Å²) in [6.07, 6.45) is 6.69. The zero-order valence-electron chi connectivity index (χ0n) is 14.8. The number of aromatic nitrogens is 2. The van der Waals surface area contributed by atoms with Crippen LogP contribution in [-0.2, 0) is 17.7 Å². The second-order valence-corrected chi connectivity index (χ2v) is 7.46. The quantitative estimate of drug-likeness (QED) is 0.903. The third kappa shape index (κ3) is 6.22. The summed E-state index contributed by atoms with van der Waals surface area (Å²) in [6, 6.07) is 0. The molecule has 1 amide bonds. The molecule has 0 saturated carbocycles. The molecule has 23 heavy (non-hydrogen) atoms. The Morgan fingerprint density at radius 2 is 2.09 bits per heavy atom. The second-order valence-electron chi connectivity index (χ2n) is 7.46. The highest BCUT2D eigenvalue weighted by molar-refractivity contribution is 5.67. The molecule has 0 radical (unpaired) electrons. The maximum atomic E-state index is 11.7. The highest BCUT2D eigenvalue weighted by Gasteiger charge is 2.18. The molecule has 1 fully saturated rings. The lowest BCUT2D eigenvalue weighted by Gasteiger charge is -2.29. The molecule has 0 bridgehead atoms. The molecule has 0 unspecified atom stereocenters. The highest BCUT2D eigenvalue weighted by Crippen LogP contribution is 2.19. The van der Waals surface area contributed by atoms with E-state index in [0.717, 1.165) is 18.9 Å². The van der Waals surface area contributed by atoms with Crippen molar-refractivity contribution in [3.05, 3.63) is 18.2 Å². The molecule has 6 nitrogen and oxygen atoms in total. The fraction of sp³-hybridized carbons (Fsp3) is 0.765. The van der Waals surface area contributed by atoms with Gasteiger partial charge in [0.05, 0.1) is 6.33 Å². The summed E-state index contributed by atoms with van der Waals surface area (Å²) in [7, 11) is 2.18. The Kier molecular flexibility index (Phi) is 6.04. The van der Waals surface area contributed by atoms with Gasteiger partial charge >= 0.3 is 6.09 Å². The minimum Gasteiger partial charge on any atom is -0.444 e. The van der Waals surface area contributed by atoms with Gasteiger partial charge in [0.15, 0.2) is 0 Å². The molecule has 1 N–H and O–H groups in total. The molecule has 0 atom stereocenters. The number of nitrogens with one attached hydrogen (secondary N) is 1. The number of alkyl carbamates (subject to hydrolysis) is 1. The zero-order valence-corrected chi connectivity index (χ0v) is 14.8. The molecular weight excluding hydrogens is 292 g/mol. The molecule has 0 aliphatic carbocycles. The van der Waals surface area contributed by atoms with E-state index in [0.29, 0.717) is 6.54 Å². The molecule has 1 aromatic rings. The zero-order chi connectivity index (χ0) is 16.9. The van der Waals surface area contributed by atoms with Crippen LogP contribution in [-0.4, -0.2) is 52.8 Å². The lowest BCUT2D eigenvalue weighted by molar-refractivity contribution is 0.0528. The number of hydrogen-bond donors (Lipinski definition) is 1. The average Bonchev–Trinajstić information content (AvgIpc) is 2.87. The summed E-state index contributed by atoms with van der Waals surface area (Å²) in [5, 5.41) is 2.81. The van der Waals surface area contributed by atoms with Crippen LogP contribution in [0.4, 0.5) is 4.79 Å². The van der Waals surface area contributed by atoms with Gasteiger partial charge in [-0.2, -0.15) is 0 Å². The topological polar surface area (TPSA) is 59.4 Å². The van der Waals surface area contributed by atoms with E-state index < -0.39 is 5.60 Å². The van der Waals surface area contributed by atoms with Crippen molar-refractivity contribution in [2.45, 2.75) is 52.2 Å². The van der Waals surface area contributed by atoms with Gasteiger partial charge in [0.1, 0.15) is 5.60 Å². The maximum absolute atomic E-state index is 11.7. The molecule has 2 rings (SSSR count). The molecule has 0 aromatic carbocycles. The average molecular weight is 322 g/mol. The molecule has 1 saturated heterocycles. The monoisotopic (exact) mass is 322 g/mol. The van der Waals surface area contributed by atoms with Crippen LogP contribution >= 0.6 is 0 Å². The van der Waals surface area contributed by atoms with Crippen LogP contribution in [0.2, 0.25) is 0 Å². The van der Waals surface area contributed by atoms with Gasteiger partial charge < -0.3 is 19.5 Å². The fourth-order valence-corrected chi connectivity index (χ4v) is 2.85. The van der Waals surface area contributed by atoms with Gasteiger partial charge in [0.25, 0.3) is 0 Å². The van der Waals surface area contributed by atoms with Gasteiger partial charge in [-0.25, -0.2) is 9.78 Å². The van der Waals surface area contributed by atoms with Crippen molar-refractivity contribution >= 4 is 6.09 Å². The van der Waals surface area contributed by atoms with Crippen molar-refractivity contribution in [2.24, 2.45) is 5.92 Å². The van der Waals surface area contributed by atoms with Crippen molar-refractivity contribution < 1.29 is 9.53 Å². The van der Waals surface area contributed by atoms with Crippen molar-refractivity contribution in [1.82, 2.24) is 19.8 Å². The number of rotatable bonds is 5. The number of amides is 1. The summed E-state index contributed by atoms with van der Waals surface area (Å²) < 4.78 is 7.47. The molecule has 1 aromatic heterocycles. The normalized spacial score (nSPS) is 17.2.